The van der Waals surface area contributed by atoms with Gasteiger partial charge in [0.05, 0.1) is 0 Å². The number of rotatable bonds is 48. The molecule has 0 aliphatic heterocycles. The van der Waals surface area contributed by atoms with E-state index in [1.807, 2.05) is 0 Å². The Kier molecular flexibility index (Phi) is 50.4. The van der Waals surface area contributed by atoms with Gasteiger partial charge in [0.2, 0.25) is 0 Å². The van der Waals surface area contributed by atoms with Crippen LogP contribution >= 0.6 is 0 Å². The van der Waals surface area contributed by atoms with E-state index in [1.165, 1.54) is 83.5 Å². The summed E-state index contributed by atoms with van der Waals surface area (Å²) >= 11 is 0. The summed E-state index contributed by atoms with van der Waals surface area (Å²) in [6.45, 7) is 6.45. The maximum absolute atomic E-state index is 12.8. The Bertz CT molecular complexity index is 1270. The molecule has 1 atom stereocenters. The average Bonchev–Trinajstić information content (AvgIpc) is 3.30. The normalized spacial score (nSPS) is 12.7. The van der Waals surface area contributed by atoms with Crippen LogP contribution in [0.5, 0.6) is 0 Å². The first kappa shape index (κ1) is 61.6. The van der Waals surface area contributed by atoms with Gasteiger partial charge in [-0.05, 0) is 116 Å². The topological polar surface area (TPSA) is 78.9 Å². The van der Waals surface area contributed by atoms with Gasteiger partial charge in [0.25, 0.3) is 0 Å². The van der Waals surface area contributed by atoms with E-state index in [0.717, 1.165) is 128 Å². The zero-order valence-corrected chi connectivity index (χ0v) is 42.5. The van der Waals surface area contributed by atoms with Gasteiger partial charge in [-0.3, -0.25) is 14.4 Å². The monoisotopic (exact) mass is 905 g/mol. The van der Waals surface area contributed by atoms with Crippen LogP contribution in [-0.4, -0.2) is 37.2 Å². The third kappa shape index (κ3) is 51.4. The number of carbonyl (C=O) groups is 3. The van der Waals surface area contributed by atoms with Gasteiger partial charge in [0.1, 0.15) is 13.2 Å². The van der Waals surface area contributed by atoms with Crippen LogP contribution in [0.15, 0.2) is 85.1 Å². The van der Waals surface area contributed by atoms with Crippen molar-refractivity contribution in [2.45, 2.75) is 258 Å². The lowest BCUT2D eigenvalue weighted by Gasteiger charge is -2.18. The molecule has 0 saturated carbocycles. The van der Waals surface area contributed by atoms with Gasteiger partial charge in [0, 0.05) is 19.3 Å². The van der Waals surface area contributed by atoms with Crippen molar-refractivity contribution < 1.29 is 28.6 Å². The molecule has 6 heteroatoms. The van der Waals surface area contributed by atoms with Gasteiger partial charge in [-0.1, -0.05) is 202 Å². The summed E-state index contributed by atoms with van der Waals surface area (Å²) in [5.41, 5.74) is 0. The fourth-order valence-electron chi connectivity index (χ4n) is 7.28. The fourth-order valence-corrected chi connectivity index (χ4v) is 7.28. The molecule has 0 aliphatic rings. The highest BCUT2D eigenvalue weighted by molar-refractivity contribution is 5.71. The second-order valence-electron chi connectivity index (χ2n) is 17.7. The van der Waals surface area contributed by atoms with Crippen molar-refractivity contribution in [3.8, 4) is 0 Å². The van der Waals surface area contributed by atoms with Crippen LogP contribution in [0.4, 0.5) is 0 Å². The van der Waals surface area contributed by atoms with Crippen LogP contribution in [0, 0.1) is 0 Å². The lowest BCUT2D eigenvalue weighted by Crippen LogP contribution is -2.30. The smallest absolute Gasteiger partial charge is 0.306 e. The summed E-state index contributed by atoms with van der Waals surface area (Å²) in [7, 11) is 0. The molecule has 0 rings (SSSR count). The first-order valence-electron chi connectivity index (χ1n) is 27.1. The molecule has 0 spiro atoms. The second kappa shape index (κ2) is 53.2. The van der Waals surface area contributed by atoms with E-state index >= 15 is 0 Å². The molecule has 0 unspecified atom stereocenters. The molecule has 0 fully saturated rings. The third-order valence-electron chi connectivity index (χ3n) is 11.4. The molecule has 0 saturated heterocycles. The summed E-state index contributed by atoms with van der Waals surface area (Å²) in [5, 5.41) is 0. The average molecular weight is 905 g/mol. The van der Waals surface area contributed by atoms with Crippen LogP contribution < -0.4 is 0 Å². The Morgan fingerprint density at radius 2 is 0.600 bits per heavy atom. The Hall–Kier alpha value is -3.41. The molecule has 0 aliphatic carbocycles. The Morgan fingerprint density at radius 1 is 0.323 bits per heavy atom. The Morgan fingerprint density at radius 3 is 0.985 bits per heavy atom. The van der Waals surface area contributed by atoms with E-state index < -0.39 is 6.10 Å². The predicted octanol–water partition coefficient (Wildman–Crippen LogP) is 18.0. The van der Waals surface area contributed by atoms with Crippen molar-refractivity contribution in [3.05, 3.63) is 85.1 Å². The van der Waals surface area contributed by atoms with Crippen molar-refractivity contribution in [2.75, 3.05) is 13.2 Å². The summed E-state index contributed by atoms with van der Waals surface area (Å²) in [6.07, 6.45) is 68.5. The first-order valence-corrected chi connectivity index (χ1v) is 27.1. The van der Waals surface area contributed by atoms with Crippen LogP contribution in [0.25, 0.3) is 0 Å². The molecule has 0 radical (unpaired) electrons. The summed E-state index contributed by atoms with van der Waals surface area (Å²) < 4.78 is 16.8. The fraction of sp³-hybridized carbons (Fsp3) is 0.712. The van der Waals surface area contributed by atoms with Gasteiger partial charge >= 0.3 is 17.9 Å². The lowest BCUT2D eigenvalue weighted by atomic mass is 10.1. The SMILES string of the molecule is CC/C=C\C/C=C\C/C=C\CCCCCCCC(=O)O[C@H](COC(=O)CCCCCC/C=C\C/C=C\C/C=C\CCCCC)COC(=O)CCCCCCC/C=C\CCCCCCCC. The molecule has 0 bridgehead atoms. The lowest BCUT2D eigenvalue weighted by molar-refractivity contribution is -0.167. The molecule has 0 aromatic rings. The van der Waals surface area contributed by atoms with Crippen LogP contribution in [0.1, 0.15) is 252 Å². The molecule has 0 aromatic carbocycles. The number of hydrogen-bond donors (Lipinski definition) is 0. The van der Waals surface area contributed by atoms with Crippen molar-refractivity contribution in [1.82, 2.24) is 0 Å². The number of esters is 3. The highest BCUT2D eigenvalue weighted by Crippen LogP contribution is 2.13. The maximum atomic E-state index is 12.8. The molecule has 6 nitrogen and oxygen atoms in total. The predicted molar refractivity (Wildman–Crippen MR) is 279 cm³/mol. The first-order chi connectivity index (χ1) is 32.0. The Labute approximate surface area is 401 Å². The number of hydrogen-bond acceptors (Lipinski definition) is 6. The van der Waals surface area contributed by atoms with Crippen molar-refractivity contribution in [3.63, 3.8) is 0 Å². The van der Waals surface area contributed by atoms with E-state index in [9.17, 15) is 14.4 Å². The van der Waals surface area contributed by atoms with Crippen molar-refractivity contribution in [2.24, 2.45) is 0 Å². The Balaban J connectivity index is 4.47. The number of allylic oxidation sites excluding steroid dienone is 14. The van der Waals surface area contributed by atoms with Crippen molar-refractivity contribution >= 4 is 17.9 Å². The molecule has 0 amide bonds. The molecule has 0 N–H and O–H groups in total. The highest BCUT2D eigenvalue weighted by Gasteiger charge is 2.19. The van der Waals surface area contributed by atoms with Crippen LogP contribution in [0.2, 0.25) is 0 Å². The third-order valence-corrected chi connectivity index (χ3v) is 11.4. The minimum atomic E-state index is -0.799. The van der Waals surface area contributed by atoms with Crippen molar-refractivity contribution in [1.29, 1.82) is 0 Å². The summed E-state index contributed by atoms with van der Waals surface area (Å²) in [6, 6.07) is 0. The highest BCUT2D eigenvalue weighted by atomic mass is 16.6. The van der Waals surface area contributed by atoms with E-state index in [0.29, 0.717) is 19.3 Å². The zero-order chi connectivity index (χ0) is 47.2. The molecule has 65 heavy (non-hydrogen) atoms. The van der Waals surface area contributed by atoms with Gasteiger partial charge in [-0.2, -0.15) is 0 Å². The van der Waals surface area contributed by atoms with Gasteiger partial charge < -0.3 is 14.2 Å². The quantitative estimate of drug-likeness (QED) is 0.0262. The largest absolute Gasteiger partial charge is 0.462 e. The van der Waals surface area contributed by atoms with E-state index in [-0.39, 0.29) is 31.1 Å². The van der Waals surface area contributed by atoms with Crippen LogP contribution in [0.3, 0.4) is 0 Å². The van der Waals surface area contributed by atoms with Gasteiger partial charge in [-0.15, -0.1) is 0 Å². The van der Waals surface area contributed by atoms with Crippen LogP contribution in [-0.2, 0) is 28.6 Å². The molecule has 0 heterocycles. The minimum Gasteiger partial charge on any atom is -0.462 e. The van der Waals surface area contributed by atoms with E-state index in [4.69, 9.17) is 14.2 Å². The second-order valence-corrected chi connectivity index (χ2v) is 17.7. The molecule has 372 valence electrons. The number of unbranched alkanes of at least 4 members (excludes halogenated alkanes) is 23. The maximum Gasteiger partial charge on any atom is 0.306 e. The molecular formula is C59H100O6. The zero-order valence-electron chi connectivity index (χ0n) is 42.5. The molecular weight excluding hydrogens is 805 g/mol. The minimum absolute atomic E-state index is 0.0956. The van der Waals surface area contributed by atoms with Gasteiger partial charge in [0.15, 0.2) is 6.10 Å². The van der Waals surface area contributed by atoms with E-state index in [2.05, 4.69) is 106 Å². The number of carbonyl (C=O) groups excluding carboxylic acids is 3. The summed E-state index contributed by atoms with van der Waals surface area (Å²) in [5.74, 6) is -0.941. The summed E-state index contributed by atoms with van der Waals surface area (Å²) in [4.78, 5) is 38.1. The molecule has 0 aromatic heterocycles. The van der Waals surface area contributed by atoms with E-state index in [1.54, 1.807) is 0 Å². The van der Waals surface area contributed by atoms with Gasteiger partial charge in [-0.25, -0.2) is 0 Å². The standard InChI is InChI=1S/C59H100O6/c1-4-7-10-13-16-19-22-25-28-29-32-34-37-40-43-46-49-52-58(61)64-55-56(65-59(62)53-50-47-44-41-38-35-31-27-24-21-18-15-12-9-6-3)54-63-57(60)51-48-45-42-39-36-33-30-26-23-20-17-14-11-8-5-2/h9,12,16,18-19,21,25-28,30-32,34,56H,4-8,10-11,13-15,17,20,22-24,29,33,35-55H2,1-3H3/b12-9-,19-16-,21-18-,28-25-,30-26-,31-27-,34-32-/t56-/m0/s1. The number of ether oxygens (including phenoxy) is 3.